The highest BCUT2D eigenvalue weighted by atomic mass is 32.1. The third kappa shape index (κ3) is 4.67. The van der Waals surface area contributed by atoms with Crippen molar-refractivity contribution < 1.29 is 9.59 Å². The maximum Gasteiger partial charge on any atom is 0.257 e. The standard InChI is InChI=1S/C20H21N3O2S/c24-18(14-8-4-5-9-14)23-20(26)22-17-13-7-6-12-16(17)19(25)21-15-10-2-1-3-11-15/h1-3,6-7,10-14H,4-5,8-9H2,(H,21,25)(H2,22,23,24,26). The summed E-state index contributed by atoms with van der Waals surface area (Å²) in [6, 6.07) is 16.3. The number of benzene rings is 2. The molecular weight excluding hydrogens is 346 g/mol. The largest absolute Gasteiger partial charge is 0.332 e. The van der Waals surface area contributed by atoms with Gasteiger partial charge in [-0.2, -0.15) is 0 Å². The first-order valence-electron chi connectivity index (χ1n) is 8.71. The lowest BCUT2D eigenvalue weighted by molar-refractivity contribution is -0.123. The number of carbonyl (C=O) groups excluding carboxylic acids is 2. The van der Waals surface area contributed by atoms with E-state index in [4.69, 9.17) is 12.2 Å². The van der Waals surface area contributed by atoms with Crippen molar-refractivity contribution in [1.29, 1.82) is 0 Å². The molecule has 6 heteroatoms. The Morgan fingerprint density at radius 3 is 2.27 bits per heavy atom. The summed E-state index contributed by atoms with van der Waals surface area (Å²) in [4.78, 5) is 24.8. The number of hydrogen-bond donors (Lipinski definition) is 3. The van der Waals surface area contributed by atoms with Crippen molar-refractivity contribution in [2.45, 2.75) is 25.7 Å². The van der Waals surface area contributed by atoms with Crippen molar-refractivity contribution in [2.75, 3.05) is 10.6 Å². The molecule has 26 heavy (non-hydrogen) atoms. The fraction of sp³-hybridized carbons (Fsp3) is 0.250. The Labute approximate surface area is 158 Å². The van der Waals surface area contributed by atoms with Gasteiger partial charge in [-0.3, -0.25) is 9.59 Å². The van der Waals surface area contributed by atoms with E-state index in [1.165, 1.54) is 0 Å². The van der Waals surface area contributed by atoms with Gasteiger partial charge in [0.25, 0.3) is 5.91 Å². The van der Waals surface area contributed by atoms with Gasteiger partial charge < -0.3 is 16.0 Å². The molecule has 0 bridgehead atoms. The number of thiocarbonyl (C=S) groups is 1. The van der Waals surface area contributed by atoms with Crippen LogP contribution in [0.2, 0.25) is 0 Å². The second-order valence-electron chi connectivity index (χ2n) is 6.29. The van der Waals surface area contributed by atoms with Crippen LogP contribution in [0.5, 0.6) is 0 Å². The molecule has 3 rings (SSSR count). The maximum atomic E-state index is 12.6. The van der Waals surface area contributed by atoms with Crippen LogP contribution in [0.25, 0.3) is 0 Å². The molecule has 0 unspecified atom stereocenters. The Balaban J connectivity index is 1.65. The first-order valence-corrected chi connectivity index (χ1v) is 9.11. The molecule has 0 spiro atoms. The van der Waals surface area contributed by atoms with Crippen LogP contribution < -0.4 is 16.0 Å². The molecule has 1 aliphatic rings. The number of anilines is 2. The Kier molecular flexibility index (Phi) is 5.96. The average molecular weight is 367 g/mol. The molecule has 0 heterocycles. The Hall–Kier alpha value is -2.73. The SMILES string of the molecule is O=C(Nc1ccccc1)c1ccccc1NC(=S)NC(=O)C1CCCC1. The van der Waals surface area contributed by atoms with E-state index in [-0.39, 0.29) is 22.8 Å². The van der Waals surface area contributed by atoms with Crippen molar-refractivity contribution in [3.8, 4) is 0 Å². The van der Waals surface area contributed by atoms with Crippen LogP contribution in [0.15, 0.2) is 54.6 Å². The molecule has 1 fully saturated rings. The lowest BCUT2D eigenvalue weighted by atomic mass is 10.1. The Bertz CT molecular complexity index is 802. The topological polar surface area (TPSA) is 70.2 Å². The highest BCUT2D eigenvalue weighted by molar-refractivity contribution is 7.80. The third-order valence-corrected chi connectivity index (χ3v) is 4.62. The summed E-state index contributed by atoms with van der Waals surface area (Å²) in [5.41, 5.74) is 1.72. The number of rotatable bonds is 4. The van der Waals surface area contributed by atoms with Gasteiger partial charge in [-0.05, 0) is 49.3 Å². The molecule has 2 aromatic rings. The van der Waals surface area contributed by atoms with Crippen molar-refractivity contribution in [3.05, 3.63) is 60.2 Å². The normalized spacial score (nSPS) is 13.8. The molecule has 0 atom stereocenters. The molecule has 0 saturated heterocycles. The lowest BCUT2D eigenvalue weighted by Gasteiger charge is -2.15. The Morgan fingerprint density at radius 1 is 0.885 bits per heavy atom. The number of carbonyl (C=O) groups is 2. The van der Waals surface area contributed by atoms with Crippen LogP contribution in [0.4, 0.5) is 11.4 Å². The molecule has 1 saturated carbocycles. The minimum absolute atomic E-state index is 0.0337. The van der Waals surface area contributed by atoms with Gasteiger partial charge in [0.05, 0.1) is 11.3 Å². The number of nitrogens with one attached hydrogen (secondary N) is 3. The van der Waals surface area contributed by atoms with E-state index in [1.54, 1.807) is 18.2 Å². The predicted molar refractivity (Wildman–Crippen MR) is 107 cm³/mol. The van der Waals surface area contributed by atoms with Gasteiger partial charge in [-0.15, -0.1) is 0 Å². The van der Waals surface area contributed by atoms with Gasteiger partial charge in [-0.25, -0.2) is 0 Å². The minimum atomic E-state index is -0.246. The van der Waals surface area contributed by atoms with E-state index in [2.05, 4.69) is 16.0 Å². The van der Waals surface area contributed by atoms with Gasteiger partial charge in [0, 0.05) is 11.6 Å². The van der Waals surface area contributed by atoms with Gasteiger partial charge >= 0.3 is 0 Å². The summed E-state index contributed by atoms with van der Waals surface area (Å²) in [5.74, 6) is -0.262. The summed E-state index contributed by atoms with van der Waals surface area (Å²) in [5, 5.41) is 8.76. The van der Waals surface area contributed by atoms with Crippen molar-refractivity contribution in [3.63, 3.8) is 0 Å². The van der Waals surface area contributed by atoms with Gasteiger partial charge in [0.1, 0.15) is 0 Å². The number of hydrogen-bond acceptors (Lipinski definition) is 3. The number of amides is 2. The van der Waals surface area contributed by atoms with E-state index in [0.29, 0.717) is 16.9 Å². The smallest absolute Gasteiger partial charge is 0.257 e. The van der Waals surface area contributed by atoms with Crippen molar-refractivity contribution in [2.24, 2.45) is 5.92 Å². The monoisotopic (exact) mass is 367 g/mol. The van der Waals surface area contributed by atoms with E-state index in [9.17, 15) is 9.59 Å². The average Bonchev–Trinajstić information content (AvgIpc) is 3.17. The Morgan fingerprint density at radius 2 is 1.54 bits per heavy atom. The van der Waals surface area contributed by atoms with E-state index < -0.39 is 0 Å². The zero-order chi connectivity index (χ0) is 18.4. The molecule has 0 radical (unpaired) electrons. The first kappa shape index (κ1) is 18.1. The molecule has 5 nitrogen and oxygen atoms in total. The van der Waals surface area contributed by atoms with Crippen LogP contribution in [0.3, 0.4) is 0 Å². The summed E-state index contributed by atoms with van der Waals surface area (Å²) < 4.78 is 0. The highest BCUT2D eigenvalue weighted by Gasteiger charge is 2.23. The predicted octanol–water partition coefficient (Wildman–Crippen LogP) is 3.94. The van der Waals surface area contributed by atoms with E-state index >= 15 is 0 Å². The molecule has 3 N–H and O–H groups in total. The van der Waals surface area contributed by atoms with Crippen LogP contribution in [0.1, 0.15) is 36.0 Å². The summed E-state index contributed by atoms with van der Waals surface area (Å²) in [6.07, 6.45) is 3.98. The molecule has 0 aliphatic heterocycles. The van der Waals surface area contributed by atoms with Crippen LogP contribution in [-0.2, 0) is 4.79 Å². The molecule has 0 aromatic heterocycles. The zero-order valence-corrected chi connectivity index (χ0v) is 15.1. The van der Waals surface area contributed by atoms with Crippen molar-refractivity contribution >= 4 is 40.5 Å². The molecule has 2 amide bonds. The molecule has 1 aliphatic carbocycles. The van der Waals surface area contributed by atoms with Gasteiger partial charge in [0.15, 0.2) is 5.11 Å². The molecule has 2 aromatic carbocycles. The van der Waals surface area contributed by atoms with E-state index in [1.807, 2.05) is 36.4 Å². The van der Waals surface area contributed by atoms with Crippen molar-refractivity contribution in [1.82, 2.24) is 5.32 Å². The zero-order valence-electron chi connectivity index (χ0n) is 14.3. The van der Waals surface area contributed by atoms with E-state index in [0.717, 1.165) is 25.7 Å². The highest BCUT2D eigenvalue weighted by Crippen LogP contribution is 2.24. The minimum Gasteiger partial charge on any atom is -0.332 e. The fourth-order valence-electron chi connectivity index (χ4n) is 3.07. The third-order valence-electron chi connectivity index (χ3n) is 4.41. The molecular formula is C20H21N3O2S. The van der Waals surface area contributed by atoms with Gasteiger partial charge in [0.2, 0.25) is 5.91 Å². The van der Waals surface area contributed by atoms with Gasteiger partial charge in [-0.1, -0.05) is 43.2 Å². The molecule has 134 valence electrons. The summed E-state index contributed by atoms with van der Waals surface area (Å²) in [6.45, 7) is 0. The lowest BCUT2D eigenvalue weighted by Crippen LogP contribution is -2.38. The maximum absolute atomic E-state index is 12.6. The summed E-state index contributed by atoms with van der Waals surface area (Å²) in [7, 11) is 0. The summed E-state index contributed by atoms with van der Waals surface area (Å²) >= 11 is 5.25. The fourth-order valence-corrected chi connectivity index (χ4v) is 3.28. The second-order valence-corrected chi connectivity index (χ2v) is 6.70. The quantitative estimate of drug-likeness (QED) is 0.716. The van der Waals surface area contributed by atoms with Crippen LogP contribution in [-0.4, -0.2) is 16.9 Å². The van der Waals surface area contributed by atoms with Crippen LogP contribution in [0, 0.1) is 5.92 Å². The second kappa shape index (κ2) is 8.58. The van der Waals surface area contributed by atoms with Crippen LogP contribution >= 0.6 is 12.2 Å². The first-order chi connectivity index (χ1) is 12.6. The number of para-hydroxylation sites is 2.